The summed E-state index contributed by atoms with van der Waals surface area (Å²) in [4.78, 5) is 0. The Labute approximate surface area is 117 Å². The molecular weight excluding hydrogens is 250 g/mol. The average molecular weight is 267 g/mol. The van der Waals surface area contributed by atoms with Crippen LogP contribution in [-0.4, -0.2) is 16.1 Å². The van der Waals surface area contributed by atoms with Crippen LogP contribution in [0, 0.1) is 0 Å². The molecule has 0 saturated carbocycles. The highest BCUT2D eigenvalue weighted by atomic mass is 32.2. The first-order chi connectivity index (χ1) is 9.45. The van der Waals surface area contributed by atoms with Crippen molar-refractivity contribution in [1.82, 2.24) is 4.57 Å². The molecule has 3 aromatic rings. The second-order valence-corrected chi connectivity index (χ2v) is 6.47. The van der Waals surface area contributed by atoms with Gasteiger partial charge in [-0.1, -0.05) is 36.4 Å². The first kappa shape index (κ1) is 11.4. The Morgan fingerprint density at radius 1 is 0.789 bits per heavy atom. The molecule has 0 spiro atoms. The fourth-order valence-electron chi connectivity index (χ4n) is 3.29. The van der Waals surface area contributed by atoms with E-state index in [1.165, 1.54) is 46.2 Å². The molecule has 2 aromatic carbocycles. The van der Waals surface area contributed by atoms with E-state index in [0.29, 0.717) is 6.04 Å². The van der Waals surface area contributed by atoms with Gasteiger partial charge in [-0.3, -0.25) is 0 Å². The van der Waals surface area contributed by atoms with Crippen LogP contribution in [0.3, 0.4) is 0 Å². The summed E-state index contributed by atoms with van der Waals surface area (Å²) in [5.41, 5.74) is 2.81. The summed E-state index contributed by atoms with van der Waals surface area (Å²) >= 11 is 2.09. The van der Waals surface area contributed by atoms with Gasteiger partial charge in [0.15, 0.2) is 0 Å². The normalized spacial score (nSPS) is 17.3. The van der Waals surface area contributed by atoms with Gasteiger partial charge in [0.1, 0.15) is 0 Å². The van der Waals surface area contributed by atoms with Gasteiger partial charge in [-0.05, 0) is 36.5 Å². The second-order valence-electron chi connectivity index (χ2n) is 5.25. The Kier molecular flexibility index (Phi) is 2.77. The predicted molar refractivity (Wildman–Crippen MR) is 85.0 cm³/mol. The molecular formula is C17H17NS. The first-order valence-electron chi connectivity index (χ1n) is 7.00. The van der Waals surface area contributed by atoms with Gasteiger partial charge in [-0.15, -0.1) is 0 Å². The van der Waals surface area contributed by atoms with Crippen LogP contribution in [-0.2, 0) is 0 Å². The van der Waals surface area contributed by atoms with Crippen LogP contribution in [0.1, 0.15) is 18.9 Å². The molecule has 1 aliphatic heterocycles. The molecule has 1 fully saturated rings. The summed E-state index contributed by atoms with van der Waals surface area (Å²) in [6, 6.07) is 18.4. The summed E-state index contributed by atoms with van der Waals surface area (Å²) in [6.45, 7) is 0. The van der Waals surface area contributed by atoms with E-state index in [1.807, 2.05) is 0 Å². The number of para-hydroxylation sites is 2. The zero-order chi connectivity index (χ0) is 12.7. The highest BCUT2D eigenvalue weighted by molar-refractivity contribution is 7.99. The minimum absolute atomic E-state index is 0.672. The van der Waals surface area contributed by atoms with Crippen molar-refractivity contribution in [2.75, 3.05) is 11.5 Å². The number of rotatable bonds is 1. The predicted octanol–water partition coefficient (Wildman–Crippen LogP) is 4.86. The monoisotopic (exact) mass is 267 g/mol. The molecule has 0 unspecified atom stereocenters. The van der Waals surface area contributed by atoms with Crippen LogP contribution in [0.5, 0.6) is 0 Å². The third-order valence-corrected chi connectivity index (χ3v) is 5.22. The van der Waals surface area contributed by atoms with E-state index in [2.05, 4.69) is 64.9 Å². The molecule has 0 amide bonds. The van der Waals surface area contributed by atoms with Gasteiger partial charge < -0.3 is 4.57 Å². The Morgan fingerprint density at radius 2 is 1.32 bits per heavy atom. The number of hydrogen-bond donors (Lipinski definition) is 0. The molecule has 4 rings (SSSR count). The van der Waals surface area contributed by atoms with Crippen molar-refractivity contribution in [3.63, 3.8) is 0 Å². The Bertz CT molecular complexity index is 669. The largest absolute Gasteiger partial charge is 0.337 e. The van der Waals surface area contributed by atoms with Crippen molar-refractivity contribution < 1.29 is 0 Å². The van der Waals surface area contributed by atoms with Gasteiger partial charge in [0.2, 0.25) is 0 Å². The molecule has 1 nitrogen and oxygen atoms in total. The lowest BCUT2D eigenvalue weighted by Gasteiger charge is -2.25. The van der Waals surface area contributed by atoms with E-state index in [0.717, 1.165) is 0 Å². The number of fused-ring (bicyclic) bond motifs is 3. The van der Waals surface area contributed by atoms with Crippen molar-refractivity contribution in [3.8, 4) is 0 Å². The summed E-state index contributed by atoms with van der Waals surface area (Å²) < 4.78 is 2.59. The zero-order valence-electron chi connectivity index (χ0n) is 10.9. The Morgan fingerprint density at radius 3 is 1.89 bits per heavy atom. The summed E-state index contributed by atoms with van der Waals surface area (Å²) in [7, 11) is 0. The van der Waals surface area contributed by atoms with Gasteiger partial charge in [0.25, 0.3) is 0 Å². The number of nitrogens with zero attached hydrogens (tertiary/aromatic N) is 1. The van der Waals surface area contributed by atoms with E-state index in [9.17, 15) is 0 Å². The molecule has 0 radical (unpaired) electrons. The number of aromatic nitrogens is 1. The minimum Gasteiger partial charge on any atom is -0.337 e. The van der Waals surface area contributed by atoms with Gasteiger partial charge in [-0.25, -0.2) is 0 Å². The highest BCUT2D eigenvalue weighted by Gasteiger charge is 2.20. The smallest absolute Gasteiger partial charge is 0.0493 e. The molecule has 0 aliphatic carbocycles. The van der Waals surface area contributed by atoms with Crippen LogP contribution in [0.4, 0.5) is 0 Å². The van der Waals surface area contributed by atoms with Crippen LogP contribution in [0.2, 0.25) is 0 Å². The third-order valence-electron chi connectivity index (χ3n) is 4.17. The molecule has 0 bridgehead atoms. The SMILES string of the molecule is c1ccc2c(c1)c1ccccc1n2C1CCSCC1. The summed E-state index contributed by atoms with van der Waals surface area (Å²) in [5.74, 6) is 2.59. The quantitative estimate of drug-likeness (QED) is 0.609. The lowest BCUT2D eigenvalue weighted by atomic mass is 10.1. The molecule has 0 N–H and O–H groups in total. The van der Waals surface area contributed by atoms with E-state index < -0.39 is 0 Å². The number of thioether (sulfide) groups is 1. The van der Waals surface area contributed by atoms with Gasteiger partial charge >= 0.3 is 0 Å². The maximum atomic E-state index is 2.59. The topological polar surface area (TPSA) is 4.93 Å². The Hall–Kier alpha value is -1.41. The van der Waals surface area contributed by atoms with E-state index >= 15 is 0 Å². The fraction of sp³-hybridized carbons (Fsp3) is 0.294. The maximum Gasteiger partial charge on any atom is 0.0493 e. The van der Waals surface area contributed by atoms with Gasteiger partial charge in [0, 0.05) is 27.8 Å². The maximum absolute atomic E-state index is 2.59. The molecule has 19 heavy (non-hydrogen) atoms. The molecule has 0 atom stereocenters. The van der Waals surface area contributed by atoms with Crippen LogP contribution in [0.25, 0.3) is 21.8 Å². The standard InChI is InChI=1S/C17H17NS/c1-3-7-16-14(5-1)15-6-2-4-8-17(15)18(16)13-9-11-19-12-10-13/h1-8,13H,9-12H2. The van der Waals surface area contributed by atoms with Crippen LogP contribution < -0.4 is 0 Å². The number of hydrogen-bond acceptors (Lipinski definition) is 1. The zero-order valence-corrected chi connectivity index (χ0v) is 11.7. The fourth-order valence-corrected chi connectivity index (χ4v) is 4.37. The van der Waals surface area contributed by atoms with Crippen LogP contribution >= 0.6 is 11.8 Å². The third kappa shape index (κ3) is 1.78. The second kappa shape index (κ2) is 4.61. The molecule has 96 valence electrons. The van der Waals surface area contributed by atoms with Gasteiger partial charge in [0.05, 0.1) is 0 Å². The highest BCUT2D eigenvalue weighted by Crippen LogP contribution is 2.36. The number of benzene rings is 2. The van der Waals surface area contributed by atoms with E-state index in [4.69, 9.17) is 0 Å². The lowest BCUT2D eigenvalue weighted by Crippen LogP contribution is -2.14. The molecule has 2 heteroatoms. The van der Waals surface area contributed by atoms with E-state index in [1.54, 1.807) is 0 Å². The van der Waals surface area contributed by atoms with Crippen molar-refractivity contribution in [1.29, 1.82) is 0 Å². The average Bonchev–Trinajstić information content (AvgIpc) is 2.83. The minimum atomic E-state index is 0.672. The van der Waals surface area contributed by atoms with Crippen molar-refractivity contribution in [3.05, 3.63) is 48.5 Å². The lowest BCUT2D eigenvalue weighted by molar-refractivity contribution is 0.495. The van der Waals surface area contributed by atoms with Crippen LogP contribution in [0.15, 0.2) is 48.5 Å². The van der Waals surface area contributed by atoms with Crippen molar-refractivity contribution in [2.24, 2.45) is 0 Å². The van der Waals surface area contributed by atoms with Crippen molar-refractivity contribution >= 4 is 33.6 Å². The first-order valence-corrected chi connectivity index (χ1v) is 8.16. The van der Waals surface area contributed by atoms with Crippen molar-refractivity contribution in [2.45, 2.75) is 18.9 Å². The molecule has 1 aromatic heterocycles. The summed E-state index contributed by atoms with van der Waals surface area (Å²) in [6.07, 6.45) is 2.60. The Balaban J connectivity index is 2.04. The summed E-state index contributed by atoms with van der Waals surface area (Å²) in [5, 5.41) is 2.80. The molecule has 1 aliphatic rings. The van der Waals surface area contributed by atoms with Gasteiger partial charge in [-0.2, -0.15) is 11.8 Å². The molecule has 2 heterocycles. The van der Waals surface area contributed by atoms with E-state index in [-0.39, 0.29) is 0 Å². The molecule has 1 saturated heterocycles.